The molecular formula is C15H13NO2S. The highest BCUT2D eigenvalue weighted by molar-refractivity contribution is 7.09. The Morgan fingerprint density at radius 1 is 1.26 bits per heavy atom. The first-order valence-corrected chi connectivity index (χ1v) is 7.03. The van der Waals surface area contributed by atoms with Crippen LogP contribution in [0.15, 0.2) is 35.5 Å². The lowest BCUT2D eigenvalue weighted by atomic mass is 10.0. The number of ketones is 1. The van der Waals surface area contributed by atoms with Gasteiger partial charge in [0.05, 0.1) is 23.4 Å². The number of hydrogen-bond donors (Lipinski definition) is 0. The maximum atomic E-state index is 12.4. The van der Waals surface area contributed by atoms with Gasteiger partial charge in [0.1, 0.15) is 0 Å². The molecule has 3 rings (SSSR count). The molecule has 1 aliphatic carbocycles. The molecule has 0 aliphatic heterocycles. The molecule has 0 saturated heterocycles. The zero-order valence-electron chi connectivity index (χ0n) is 10.8. The van der Waals surface area contributed by atoms with Crippen molar-refractivity contribution < 1.29 is 9.53 Å². The standard InChI is InChI=1S/C15H13NO2S/c1-3-18-15-12(13-9(2)19-8-16-13)10-6-4-5-7-11(10)14(15)17/h4-8H,3H2,1-2H3. The van der Waals surface area contributed by atoms with E-state index in [0.717, 1.165) is 21.7 Å². The van der Waals surface area contributed by atoms with Gasteiger partial charge in [-0.3, -0.25) is 4.79 Å². The summed E-state index contributed by atoms with van der Waals surface area (Å²) in [6.07, 6.45) is 0. The molecule has 1 aromatic heterocycles. The normalized spacial score (nSPS) is 13.9. The molecular weight excluding hydrogens is 258 g/mol. The van der Waals surface area contributed by atoms with Crippen LogP contribution in [-0.2, 0) is 4.74 Å². The van der Waals surface area contributed by atoms with Gasteiger partial charge >= 0.3 is 0 Å². The van der Waals surface area contributed by atoms with Crippen molar-refractivity contribution in [3.05, 3.63) is 57.2 Å². The Balaban J connectivity index is 2.26. The van der Waals surface area contributed by atoms with Gasteiger partial charge in [-0.25, -0.2) is 4.98 Å². The Kier molecular flexibility index (Phi) is 2.95. The van der Waals surface area contributed by atoms with Gasteiger partial charge in [0.2, 0.25) is 5.78 Å². The smallest absolute Gasteiger partial charge is 0.228 e. The molecule has 3 nitrogen and oxygen atoms in total. The molecule has 2 aromatic rings. The first kappa shape index (κ1) is 12.1. The lowest BCUT2D eigenvalue weighted by Gasteiger charge is -2.06. The van der Waals surface area contributed by atoms with E-state index in [1.54, 1.807) is 16.8 Å². The highest BCUT2D eigenvalue weighted by Gasteiger charge is 2.33. The highest BCUT2D eigenvalue weighted by atomic mass is 32.1. The van der Waals surface area contributed by atoms with Crippen LogP contribution in [0, 0.1) is 6.92 Å². The molecule has 0 atom stereocenters. The average Bonchev–Trinajstić information content (AvgIpc) is 2.94. The van der Waals surface area contributed by atoms with Gasteiger partial charge in [-0.2, -0.15) is 0 Å². The number of ether oxygens (including phenoxy) is 1. The molecule has 0 N–H and O–H groups in total. The second-order valence-electron chi connectivity index (χ2n) is 4.27. The molecule has 0 unspecified atom stereocenters. The van der Waals surface area contributed by atoms with Crippen LogP contribution >= 0.6 is 11.3 Å². The Morgan fingerprint density at radius 2 is 2.00 bits per heavy atom. The third kappa shape index (κ3) is 1.79. The number of fused-ring (bicyclic) bond motifs is 1. The third-order valence-corrected chi connectivity index (χ3v) is 3.90. The molecule has 0 bridgehead atoms. The van der Waals surface area contributed by atoms with Crippen LogP contribution in [0.1, 0.15) is 33.4 Å². The van der Waals surface area contributed by atoms with Crippen LogP contribution in [0.4, 0.5) is 0 Å². The minimum absolute atomic E-state index is 0.0418. The van der Waals surface area contributed by atoms with Crippen LogP contribution in [-0.4, -0.2) is 17.4 Å². The Hall–Kier alpha value is -1.94. The fourth-order valence-corrected chi connectivity index (χ4v) is 2.90. The fourth-order valence-electron chi connectivity index (χ4n) is 2.32. The summed E-state index contributed by atoms with van der Waals surface area (Å²) < 4.78 is 5.58. The molecule has 0 amide bonds. The van der Waals surface area contributed by atoms with Crippen molar-refractivity contribution in [2.45, 2.75) is 13.8 Å². The van der Waals surface area contributed by atoms with Crippen LogP contribution in [0.5, 0.6) is 0 Å². The Bertz CT molecular complexity index is 685. The number of aromatic nitrogens is 1. The molecule has 96 valence electrons. The second kappa shape index (κ2) is 4.63. The van der Waals surface area contributed by atoms with Crippen LogP contribution < -0.4 is 0 Å². The molecule has 0 saturated carbocycles. The number of thiazole rings is 1. The van der Waals surface area contributed by atoms with E-state index in [4.69, 9.17) is 4.74 Å². The number of benzene rings is 1. The van der Waals surface area contributed by atoms with Crippen LogP contribution in [0.3, 0.4) is 0 Å². The van der Waals surface area contributed by atoms with E-state index in [2.05, 4.69) is 4.98 Å². The average molecular weight is 271 g/mol. The first-order valence-electron chi connectivity index (χ1n) is 6.15. The number of carbonyl (C=O) groups excluding carboxylic acids is 1. The number of nitrogens with zero attached hydrogens (tertiary/aromatic N) is 1. The van der Waals surface area contributed by atoms with Gasteiger partial charge in [-0.1, -0.05) is 24.3 Å². The molecule has 1 aliphatic rings. The van der Waals surface area contributed by atoms with Crippen LogP contribution in [0.2, 0.25) is 0 Å². The second-order valence-corrected chi connectivity index (χ2v) is 5.33. The van der Waals surface area contributed by atoms with E-state index < -0.39 is 0 Å². The predicted octanol–water partition coefficient (Wildman–Crippen LogP) is 3.44. The number of Topliss-reactive ketones (excluding diaryl/α,β-unsaturated/α-hetero) is 1. The third-order valence-electron chi connectivity index (χ3n) is 3.14. The highest BCUT2D eigenvalue weighted by Crippen LogP contribution is 2.38. The fraction of sp³-hybridized carbons (Fsp3) is 0.200. The summed E-state index contributed by atoms with van der Waals surface area (Å²) in [5.74, 6) is 0.387. The van der Waals surface area contributed by atoms with Crippen molar-refractivity contribution in [1.29, 1.82) is 0 Å². The van der Waals surface area contributed by atoms with Gasteiger partial charge in [0, 0.05) is 10.4 Å². The van der Waals surface area contributed by atoms with Gasteiger partial charge in [-0.15, -0.1) is 11.3 Å². The van der Waals surface area contributed by atoms with Gasteiger partial charge in [0.25, 0.3) is 0 Å². The van der Waals surface area contributed by atoms with Crippen molar-refractivity contribution in [3.63, 3.8) is 0 Å². The number of rotatable bonds is 3. The van der Waals surface area contributed by atoms with E-state index >= 15 is 0 Å². The molecule has 4 heteroatoms. The van der Waals surface area contributed by atoms with E-state index in [9.17, 15) is 4.79 Å². The van der Waals surface area contributed by atoms with Crippen molar-refractivity contribution in [3.8, 4) is 0 Å². The van der Waals surface area contributed by atoms with Crippen molar-refractivity contribution >= 4 is 22.7 Å². The number of carbonyl (C=O) groups is 1. The molecule has 1 aromatic carbocycles. The minimum Gasteiger partial charge on any atom is -0.489 e. The first-order chi connectivity index (χ1) is 9.24. The summed E-state index contributed by atoms with van der Waals surface area (Å²) in [5.41, 5.74) is 5.11. The van der Waals surface area contributed by atoms with Gasteiger partial charge < -0.3 is 4.74 Å². The lowest BCUT2D eigenvalue weighted by Crippen LogP contribution is -2.03. The molecule has 0 spiro atoms. The van der Waals surface area contributed by atoms with Crippen molar-refractivity contribution in [2.75, 3.05) is 6.61 Å². The molecule has 0 radical (unpaired) electrons. The predicted molar refractivity (Wildman–Crippen MR) is 75.3 cm³/mol. The van der Waals surface area contributed by atoms with E-state index in [-0.39, 0.29) is 5.78 Å². The monoisotopic (exact) mass is 271 g/mol. The van der Waals surface area contributed by atoms with Gasteiger partial charge in [0.15, 0.2) is 5.76 Å². The maximum absolute atomic E-state index is 12.4. The zero-order chi connectivity index (χ0) is 13.4. The molecule has 0 fully saturated rings. The van der Waals surface area contributed by atoms with E-state index in [1.165, 1.54) is 0 Å². The summed E-state index contributed by atoms with van der Waals surface area (Å²) in [7, 11) is 0. The Morgan fingerprint density at radius 3 is 2.63 bits per heavy atom. The summed E-state index contributed by atoms with van der Waals surface area (Å²) in [4.78, 5) is 17.9. The van der Waals surface area contributed by atoms with Crippen molar-refractivity contribution in [1.82, 2.24) is 4.98 Å². The van der Waals surface area contributed by atoms with Gasteiger partial charge in [-0.05, 0) is 19.4 Å². The SMILES string of the molecule is CCOC1=C(c2ncsc2C)c2ccccc2C1=O. The largest absolute Gasteiger partial charge is 0.489 e. The quantitative estimate of drug-likeness (QED) is 0.858. The molecule has 1 heterocycles. The maximum Gasteiger partial charge on any atom is 0.228 e. The summed E-state index contributed by atoms with van der Waals surface area (Å²) in [5, 5.41) is 0. The number of hydrogen-bond acceptors (Lipinski definition) is 4. The number of aryl methyl sites for hydroxylation is 1. The van der Waals surface area contributed by atoms with E-state index in [1.807, 2.05) is 38.1 Å². The number of allylic oxidation sites excluding steroid dienone is 1. The lowest BCUT2D eigenvalue weighted by molar-refractivity contribution is 0.0936. The topological polar surface area (TPSA) is 39.2 Å². The summed E-state index contributed by atoms with van der Waals surface area (Å²) >= 11 is 1.58. The Labute approximate surface area is 115 Å². The molecule has 19 heavy (non-hydrogen) atoms. The van der Waals surface area contributed by atoms with Crippen LogP contribution in [0.25, 0.3) is 5.57 Å². The summed E-state index contributed by atoms with van der Waals surface area (Å²) in [6, 6.07) is 7.60. The van der Waals surface area contributed by atoms with Crippen molar-refractivity contribution in [2.24, 2.45) is 0 Å². The summed E-state index contributed by atoms with van der Waals surface area (Å²) in [6.45, 7) is 4.37. The zero-order valence-corrected chi connectivity index (χ0v) is 11.6. The van der Waals surface area contributed by atoms with E-state index in [0.29, 0.717) is 17.9 Å². The minimum atomic E-state index is -0.0418.